The van der Waals surface area contributed by atoms with Gasteiger partial charge in [0.25, 0.3) is 0 Å². The van der Waals surface area contributed by atoms with Crippen LogP contribution < -0.4 is 5.73 Å². The van der Waals surface area contributed by atoms with Crippen LogP contribution in [-0.2, 0) is 6.54 Å². The third-order valence-corrected chi connectivity index (χ3v) is 3.24. The van der Waals surface area contributed by atoms with Gasteiger partial charge in [0.2, 0.25) is 5.89 Å². The van der Waals surface area contributed by atoms with Gasteiger partial charge in [-0.05, 0) is 31.2 Å². The Morgan fingerprint density at radius 1 is 1.30 bits per heavy atom. The van der Waals surface area contributed by atoms with Crippen LogP contribution in [0.25, 0.3) is 11.3 Å². The molecule has 2 heterocycles. The van der Waals surface area contributed by atoms with Crippen LogP contribution >= 0.6 is 11.6 Å². The Morgan fingerprint density at radius 3 is 2.70 bits per heavy atom. The number of oxazole rings is 1. The lowest BCUT2D eigenvalue weighted by Crippen LogP contribution is -2.04. The Bertz CT molecular complexity index is 732. The fraction of sp³-hybridized carbons (Fsp3) is 0.154. The van der Waals surface area contributed by atoms with Crippen molar-refractivity contribution in [3.63, 3.8) is 0 Å². The summed E-state index contributed by atoms with van der Waals surface area (Å²) in [6.07, 6.45) is 1.67. The molecule has 0 radical (unpaired) electrons. The second-order valence-corrected chi connectivity index (χ2v) is 4.78. The molecule has 3 rings (SSSR count). The SMILES string of the molecule is Cc1c(N)nnn1Cc1ncc(-c2ccc(Cl)cc2)o1. The summed E-state index contributed by atoms with van der Waals surface area (Å²) in [7, 11) is 0. The number of benzene rings is 1. The zero-order chi connectivity index (χ0) is 14.1. The number of nitrogen functional groups attached to an aromatic ring is 1. The minimum absolute atomic E-state index is 0.392. The Morgan fingerprint density at radius 2 is 2.05 bits per heavy atom. The number of aromatic nitrogens is 4. The highest BCUT2D eigenvalue weighted by Gasteiger charge is 2.10. The summed E-state index contributed by atoms with van der Waals surface area (Å²) in [6, 6.07) is 7.37. The Labute approximate surface area is 120 Å². The number of hydrogen-bond donors (Lipinski definition) is 1. The summed E-state index contributed by atoms with van der Waals surface area (Å²) in [5, 5.41) is 8.40. The third kappa shape index (κ3) is 2.37. The van der Waals surface area contributed by atoms with Crippen molar-refractivity contribution in [1.82, 2.24) is 20.0 Å². The number of nitrogens with two attached hydrogens (primary N) is 1. The van der Waals surface area contributed by atoms with Gasteiger partial charge in [-0.2, -0.15) is 0 Å². The lowest BCUT2D eigenvalue weighted by Gasteiger charge is -1.99. The van der Waals surface area contributed by atoms with E-state index in [2.05, 4.69) is 15.3 Å². The highest BCUT2D eigenvalue weighted by molar-refractivity contribution is 6.30. The van der Waals surface area contributed by atoms with Crippen LogP contribution in [-0.4, -0.2) is 20.0 Å². The highest BCUT2D eigenvalue weighted by Crippen LogP contribution is 2.22. The molecular weight excluding hydrogens is 278 g/mol. The molecule has 20 heavy (non-hydrogen) atoms. The van der Waals surface area contributed by atoms with Gasteiger partial charge >= 0.3 is 0 Å². The van der Waals surface area contributed by atoms with Gasteiger partial charge < -0.3 is 10.2 Å². The zero-order valence-corrected chi connectivity index (χ0v) is 11.5. The standard InChI is InChI=1S/C13H12ClN5O/c1-8-13(15)17-18-19(8)7-12-16-6-11(20-12)9-2-4-10(14)5-3-9/h2-6H,7,15H2,1H3. The minimum Gasteiger partial charge on any atom is -0.439 e. The van der Waals surface area contributed by atoms with Crippen molar-refractivity contribution < 1.29 is 4.42 Å². The van der Waals surface area contributed by atoms with Gasteiger partial charge in [-0.25, -0.2) is 9.67 Å². The normalized spacial score (nSPS) is 10.9. The molecule has 0 aliphatic carbocycles. The van der Waals surface area contributed by atoms with Crippen LogP contribution in [0, 0.1) is 6.92 Å². The van der Waals surface area contributed by atoms with Gasteiger partial charge in [-0.15, -0.1) is 5.10 Å². The molecule has 6 nitrogen and oxygen atoms in total. The van der Waals surface area contributed by atoms with Crippen molar-refractivity contribution in [2.24, 2.45) is 0 Å². The van der Waals surface area contributed by atoms with E-state index in [0.29, 0.717) is 29.0 Å². The third-order valence-electron chi connectivity index (χ3n) is 2.99. The van der Waals surface area contributed by atoms with E-state index in [4.69, 9.17) is 21.8 Å². The molecule has 0 aliphatic heterocycles. The number of nitrogens with zero attached hydrogens (tertiary/aromatic N) is 4. The quantitative estimate of drug-likeness (QED) is 0.801. The number of rotatable bonds is 3. The lowest BCUT2D eigenvalue weighted by molar-refractivity contribution is 0.465. The van der Waals surface area contributed by atoms with E-state index in [1.54, 1.807) is 23.0 Å². The minimum atomic E-state index is 0.392. The summed E-state index contributed by atoms with van der Waals surface area (Å²) in [5.74, 6) is 1.64. The zero-order valence-electron chi connectivity index (χ0n) is 10.7. The van der Waals surface area contributed by atoms with Crippen molar-refractivity contribution >= 4 is 17.4 Å². The largest absolute Gasteiger partial charge is 0.439 e. The van der Waals surface area contributed by atoms with Gasteiger partial charge in [0.1, 0.15) is 6.54 Å². The van der Waals surface area contributed by atoms with E-state index in [0.717, 1.165) is 11.3 Å². The molecule has 0 saturated heterocycles. The molecule has 0 spiro atoms. The molecule has 0 saturated carbocycles. The first-order chi connectivity index (χ1) is 9.63. The molecule has 0 bridgehead atoms. The molecule has 2 N–H and O–H groups in total. The van der Waals surface area contributed by atoms with E-state index in [1.807, 2.05) is 19.1 Å². The second-order valence-electron chi connectivity index (χ2n) is 4.34. The van der Waals surface area contributed by atoms with E-state index < -0.39 is 0 Å². The molecule has 3 aromatic rings. The van der Waals surface area contributed by atoms with Crippen LogP contribution in [0.15, 0.2) is 34.9 Å². The number of halogens is 1. The topological polar surface area (TPSA) is 82.8 Å². The molecule has 0 fully saturated rings. The Balaban J connectivity index is 1.83. The predicted octanol–water partition coefficient (Wildman–Crippen LogP) is 2.53. The maximum atomic E-state index is 5.85. The van der Waals surface area contributed by atoms with E-state index in [-0.39, 0.29) is 0 Å². The molecule has 0 atom stereocenters. The molecule has 102 valence electrons. The number of hydrogen-bond acceptors (Lipinski definition) is 5. The fourth-order valence-corrected chi connectivity index (χ4v) is 1.91. The lowest BCUT2D eigenvalue weighted by atomic mass is 10.2. The average Bonchev–Trinajstić information content (AvgIpc) is 3.02. The Hall–Kier alpha value is -2.34. The van der Waals surface area contributed by atoms with Gasteiger partial charge in [-0.3, -0.25) is 0 Å². The predicted molar refractivity (Wildman–Crippen MR) is 75.2 cm³/mol. The first kappa shape index (κ1) is 12.7. The maximum absolute atomic E-state index is 5.85. The summed E-state index contributed by atoms with van der Waals surface area (Å²) < 4.78 is 7.34. The fourth-order valence-electron chi connectivity index (χ4n) is 1.78. The van der Waals surface area contributed by atoms with E-state index >= 15 is 0 Å². The number of anilines is 1. The van der Waals surface area contributed by atoms with Crippen molar-refractivity contribution in [1.29, 1.82) is 0 Å². The van der Waals surface area contributed by atoms with Crippen molar-refractivity contribution in [3.05, 3.63) is 47.1 Å². The average molecular weight is 290 g/mol. The van der Waals surface area contributed by atoms with Crippen LogP contribution in [0.3, 0.4) is 0 Å². The first-order valence-corrected chi connectivity index (χ1v) is 6.37. The van der Waals surface area contributed by atoms with Gasteiger partial charge in [0.05, 0.1) is 11.9 Å². The second kappa shape index (κ2) is 4.97. The van der Waals surface area contributed by atoms with Crippen LogP contribution in [0.4, 0.5) is 5.82 Å². The summed E-state index contributed by atoms with van der Waals surface area (Å²) in [6.45, 7) is 2.24. The molecule has 7 heteroatoms. The van der Waals surface area contributed by atoms with E-state index in [1.165, 1.54) is 0 Å². The monoisotopic (exact) mass is 289 g/mol. The maximum Gasteiger partial charge on any atom is 0.216 e. The molecule has 0 unspecified atom stereocenters. The van der Waals surface area contributed by atoms with Gasteiger partial charge in [0, 0.05) is 10.6 Å². The Kier molecular flexibility index (Phi) is 3.15. The molecular formula is C13H12ClN5O. The molecule has 0 aliphatic rings. The van der Waals surface area contributed by atoms with Crippen LogP contribution in [0.1, 0.15) is 11.6 Å². The molecule has 2 aromatic heterocycles. The van der Waals surface area contributed by atoms with Crippen molar-refractivity contribution in [3.8, 4) is 11.3 Å². The van der Waals surface area contributed by atoms with Crippen molar-refractivity contribution in [2.75, 3.05) is 5.73 Å². The summed E-state index contributed by atoms with van der Waals surface area (Å²) >= 11 is 5.85. The van der Waals surface area contributed by atoms with Crippen molar-refractivity contribution in [2.45, 2.75) is 13.5 Å². The van der Waals surface area contributed by atoms with Crippen LogP contribution in [0.5, 0.6) is 0 Å². The smallest absolute Gasteiger partial charge is 0.216 e. The summed E-state index contributed by atoms with van der Waals surface area (Å²) in [5.41, 5.74) is 7.35. The van der Waals surface area contributed by atoms with Crippen LogP contribution in [0.2, 0.25) is 5.02 Å². The molecule has 0 amide bonds. The first-order valence-electron chi connectivity index (χ1n) is 5.99. The molecule has 1 aromatic carbocycles. The highest BCUT2D eigenvalue weighted by atomic mass is 35.5. The van der Waals surface area contributed by atoms with Gasteiger partial charge in [0.15, 0.2) is 11.6 Å². The summed E-state index contributed by atoms with van der Waals surface area (Å²) in [4.78, 5) is 4.23. The van der Waals surface area contributed by atoms with Gasteiger partial charge in [-0.1, -0.05) is 16.8 Å². The van der Waals surface area contributed by atoms with E-state index in [9.17, 15) is 0 Å².